The van der Waals surface area contributed by atoms with E-state index in [1.165, 1.54) is 0 Å². The maximum absolute atomic E-state index is 13.1. The van der Waals surface area contributed by atoms with Gasteiger partial charge in [-0.3, -0.25) is 9.78 Å². The lowest BCUT2D eigenvalue weighted by atomic mass is 9.97. The van der Waals surface area contributed by atoms with Crippen LogP contribution in [-0.4, -0.2) is 21.2 Å². The molecular weight excluding hydrogens is 454 g/mol. The molecule has 0 aliphatic carbocycles. The Morgan fingerprint density at radius 3 is 2.53 bits per heavy atom. The van der Waals surface area contributed by atoms with Crippen LogP contribution >= 0.6 is 0 Å². The summed E-state index contributed by atoms with van der Waals surface area (Å²) in [5.41, 5.74) is 5.89. The first kappa shape index (κ1) is 25.6. The van der Waals surface area contributed by atoms with Crippen LogP contribution in [0.15, 0.2) is 45.5 Å². The summed E-state index contributed by atoms with van der Waals surface area (Å²) in [6.07, 6.45) is 2.97. The number of hydrogen-bond acceptors (Lipinski definition) is 6. The average molecular weight is 490 g/mol. The number of aromatic nitrogens is 2. The molecule has 0 fully saturated rings. The van der Waals surface area contributed by atoms with Crippen molar-refractivity contribution in [3.8, 4) is 0 Å². The summed E-state index contributed by atoms with van der Waals surface area (Å²) in [5.74, 6) is 1.46. The Balaban J connectivity index is 1.51. The van der Waals surface area contributed by atoms with E-state index in [-0.39, 0.29) is 18.4 Å². The number of benzene rings is 1. The van der Waals surface area contributed by atoms with Crippen molar-refractivity contribution >= 4 is 16.9 Å². The molecule has 2 N–H and O–H groups in total. The van der Waals surface area contributed by atoms with Gasteiger partial charge in [0, 0.05) is 11.6 Å². The minimum atomic E-state index is -0.970. The molecule has 36 heavy (non-hydrogen) atoms. The van der Waals surface area contributed by atoms with Gasteiger partial charge in [-0.2, -0.15) is 0 Å². The van der Waals surface area contributed by atoms with Gasteiger partial charge in [-0.25, -0.2) is 0 Å². The van der Waals surface area contributed by atoms with E-state index in [1.807, 2.05) is 38.2 Å². The van der Waals surface area contributed by atoms with Gasteiger partial charge in [0.2, 0.25) is 5.91 Å². The lowest BCUT2D eigenvalue weighted by molar-refractivity contribution is -0.121. The monoisotopic (exact) mass is 489 g/mol. The molecule has 0 saturated heterocycles. The van der Waals surface area contributed by atoms with Crippen LogP contribution in [0.3, 0.4) is 0 Å². The summed E-state index contributed by atoms with van der Waals surface area (Å²) in [6.45, 7) is 12.0. The van der Waals surface area contributed by atoms with Gasteiger partial charge in [-0.05, 0) is 81.3 Å². The van der Waals surface area contributed by atoms with Gasteiger partial charge in [-0.1, -0.05) is 31.1 Å². The Morgan fingerprint density at radius 2 is 1.86 bits per heavy atom. The predicted molar refractivity (Wildman–Crippen MR) is 139 cm³/mol. The van der Waals surface area contributed by atoms with Gasteiger partial charge in [0.05, 0.1) is 29.4 Å². The molecule has 1 aromatic carbocycles. The lowest BCUT2D eigenvalue weighted by Crippen LogP contribution is -2.31. The molecular formula is C29H35N3O4. The number of fused-ring (bicyclic) bond motifs is 1. The fraction of sp³-hybridized carbons (Fsp3) is 0.414. The molecule has 4 rings (SSSR count). The second-order valence-corrected chi connectivity index (χ2v) is 10.1. The summed E-state index contributed by atoms with van der Waals surface area (Å²) in [4.78, 5) is 17.7. The van der Waals surface area contributed by atoms with Gasteiger partial charge in [-0.15, -0.1) is 0 Å². The lowest BCUT2D eigenvalue weighted by Gasteiger charge is -2.21. The van der Waals surface area contributed by atoms with Crippen LogP contribution in [0.5, 0.6) is 0 Å². The van der Waals surface area contributed by atoms with Crippen LogP contribution < -0.4 is 5.32 Å². The highest BCUT2D eigenvalue weighted by atomic mass is 16.5. The molecule has 3 heterocycles. The number of aryl methyl sites for hydroxylation is 4. The molecule has 0 aliphatic rings. The molecule has 1 unspecified atom stereocenters. The smallest absolute Gasteiger partial charge is 0.224 e. The molecule has 0 aliphatic heterocycles. The number of carbonyl (C=O) groups is 1. The van der Waals surface area contributed by atoms with E-state index >= 15 is 0 Å². The van der Waals surface area contributed by atoms with E-state index in [2.05, 4.69) is 35.4 Å². The van der Waals surface area contributed by atoms with Crippen molar-refractivity contribution in [2.45, 2.75) is 73.0 Å². The topological polar surface area (TPSA) is 101 Å². The minimum Gasteiger partial charge on any atom is -0.458 e. The van der Waals surface area contributed by atoms with Crippen LogP contribution in [0, 0.1) is 33.6 Å². The average Bonchev–Trinajstić information content (AvgIpc) is 3.38. The number of nitrogens with zero attached hydrogens (tertiary/aromatic N) is 2. The summed E-state index contributed by atoms with van der Waals surface area (Å²) < 4.78 is 11.1. The number of aliphatic hydroxyl groups excluding tert-OH is 1. The maximum atomic E-state index is 13.1. The first-order valence-corrected chi connectivity index (χ1v) is 12.5. The van der Waals surface area contributed by atoms with E-state index < -0.39 is 6.10 Å². The number of furan rings is 1. The predicted octanol–water partition coefficient (Wildman–Crippen LogP) is 5.97. The highest BCUT2D eigenvalue weighted by molar-refractivity contribution is 5.83. The molecule has 0 spiro atoms. The van der Waals surface area contributed by atoms with Crippen molar-refractivity contribution in [1.82, 2.24) is 15.5 Å². The Hall–Kier alpha value is -3.45. The highest BCUT2D eigenvalue weighted by Crippen LogP contribution is 2.32. The third kappa shape index (κ3) is 5.68. The normalized spacial score (nSPS) is 13.3. The Bertz CT molecular complexity index is 1350. The van der Waals surface area contributed by atoms with E-state index in [1.54, 1.807) is 19.9 Å². The fourth-order valence-corrected chi connectivity index (χ4v) is 4.68. The zero-order valence-electron chi connectivity index (χ0n) is 21.9. The van der Waals surface area contributed by atoms with Crippen LogP contribution in [0.1, 0.15) is 84.0 Å². The minimum absolute atomic E-state index is 0.0515. The Kier molecular flexibility index (Phi) is 7.59. The molecule has 190 valence electrons. The fourth-order valence-electron chi connectivity index (χ4n) is 4.68. The third-order valence-electron chi connectivity index (χ3n) is 6.55. The quantitative estimate of drug-likeness (QED) is 0.300. The van der Waals surface area contributed by atoms with E-state index in [0.717, 1.165) is 40.6 Å². The molecule has 1 amide bonds. The van der Waals surface area contributed by atoms with Gasteiger partial charge in [0.25, 0.3) is 0 Å². The van der Waals surface area contributed by atoms with Crippen LogP contribution in [0.25, 0.3) is 11.0 Å². The SMILES string of the molecule is Cc1cnc([C@@H](CCC(C)C)NC(=O)Cc2ccc3oc(C(O)c4c(C)noc4C)cc3c2)c(C)c1. The molecule has 0 saturated carbocycles. The first-order chi connectivity index (χ1) is 17.1. The number of pyridine rings is 1. The van der Waals surface area contributed by atoms with E-state index in [9.17, 15) is 9.90 Å². The zero-order chi connectivity index (χ0) is 26.0. The zero-order valence-corrected chi connectivity index (χ0v) is 21.9. The second kappa shape index (κ2) is 10.7. The third-order valence-corrected chi connectivity index (χ3v) is 6.55. The molecule has 3 aromatic heterocycles. The van der Waals surface area contributed by atoms with Crippen molar-refractivity contribution in [1.29, 1.82) is 0 Å². The van der Waals surface area contributed by atoms with Gasteiger partial charge in [0.1, 0.15) is 23.2 Å². The highest BCUT2D eigenvalue weighted by Gasteiger charge is 2.24. The number of amides is 1. The number of nitrogens with one attached hydrogen (secondary N) is 1. The van der Waals surface area contributed by atoms with Crippen LogP contribution in [0.2, 0.25) is 0 Å². The van der Waals surface area contributed by atoms with Gasteiger partial charge < -0.3 is 19.4 Å². The van der Waals surface area contributed by atoms with Gasteiger partial charge in [0.15, 0.2) is 0 Å². The standard InChI is InChI=1S/C29H35N3O4/c1-16(2)7-9-23(28-18(4)11-17(3)15-30-28)31-26(33)13-21-8-10-24-22(12-21)14-25(35-24)29(34)27-19(5)32-36-20(27)6/h8,10-12,14-16,23,29,34H,7,9,13H2,1-6H3,(H,31,33)/t23-,29?/m1/s1. The van der Waals surface area contributed by atoms with Crippen molar-refractivity contribution in [3.05, 3.63) is 81.7 Å². The van der Waals surface area contributed by atoms with Crippen molar-refractivity contribution in [2.24, 2.45) is 5.92 Å². The van der Waals surface area contributed by atoms with Crippen LogP contribution in [0.4, 0.5) is 0 Å². The number of aliphatic hydroxyl groups is 1. The number of rotatable bonds is 9. The number of carbonyl (C=O) groups excluding carboxylic acids is 1. The number of hydrogen-bond donors (Lipinski definition) is 2. The maximum Gasteiger partial charge on any atom is 0.224 e. The van der Waals surface area contributed by atoms with E-state index in [0.29, 0.717) is 34.3 Å². The Labute approximate surface area is 211 Å². The summed E-state index contributed by atoms with van der Waals surface area (Å²) in [5, 5.41) is 18.8. The van der Waals surface area contributed by atoms with Crippen LogP contribution in [-0.2, 0) is 11.2 Å². The summed E-state index contributed by atoms with van der Waals surface area (Å²) >= 11 is 0. The largest absolute Gasteiger partial charge is 0.458 e. The Morgan fingerprint density at radius 1 is 1.08 bits per heavy atom. The second-order valence-electron chi connectivity index (χ2n) is 10.1. The summed E-state index contributed by atoms with van der Waals surface area (Å²) in [7, 11) is 0. The van der Waals surface area contributed by atoms with Crippen molar-refractivity contribution < 1.29 is 18.8 Å². The molecule has 0 radical (unpaired) electrons. The molecule has 0 bridgehead atoms. The van der Waals surface area contributed by atoms with E-state index in [4.69, 9.17) is 8.94 Å². The molecule has 7 heteroatoms. The molecule has 7 nitrogen and oxygen atoms in total. The summed E-state index contributed by atoms with van der Waals surface area (Å²) in [6, 6.07) is 9.44. The van der Waals surface area contributed by atoms with Crippen molar-refractivity contribution in [2.75, 3.05) is 0 Å². The first-order valence-electron chi connectivity index (χ1n) is 12.5. The molecule has 4 aromatic rings. The molecule has 2 atom stereocenters. The van der Waals surface area contributed by atoms with Crippen molar-refractivity contribution in [3.63, 3.8) is 0 Å². The van der Waals surface area contributed by atoms with Gasteiger partial charge >= 0.3 is 0 Å².